The normalized spacial score (nSPS) is 10.7. The first-order chi connectivity index (χ1) is 11.9. The van der Waals surface area contributed by atoms with Crippen LogP contribution in [-0.2, 0) is 12.8 Å². The van der Waals surface area contributed by atoms with Crippen molar-refractivity contribution in [1.29, 1.82) is 0 Å². The molecule has 0 aliphatic heterocycles. The zero-order valence-corrected chi connectivity index (χ0v) is 12.8. The summed E-state index contributed by atoms with van der Waals surface area (Å²) in [6.45, 7) is 0. The molecule has 128 valence electrons. The summed E-state index contributed by atoms with van der Waals surface area (Å²) in [5, 5.41) is 43.2. The van der Waals surface area contributed by atoms with Crippen molar-refractivity contribution in [1.82, 2.24) is 10.1 Å². The molecule has 0 atom stereocenters. The molecule has 0 radical (unpaired) electrons. The Morgan fingerprint density at radius 1 is 1.12 bits per heavy atom. The van der Waals surface area contributed by atoms with Crippen LogP contribution in [0.4, 0.5) is 5.69 Å². The quantitative estimate of drug-likeness (QED) is 0.364. The van der Waals surface area contributed by atoms with Gasteiger partial charge in [0.2, 0.25) is 5.75 Å². The second-order valence-corrected chi connectivity index (χ2v) is 5.31. The first-order valence-corrected chi connectivity index (χ1v) is 7.25. The van der Waals surface area contributed by atoms with E-state index < -0.39 is 22.1 Å². The number of aromatic hydroxyl groups is 3. The van der Waals surface area contributed by atoms with Crippen LogP contribution in [-0.4, -0.2) is 30.4 Å². The third-order valence-electron chi connectivity index (χ3n) is 3.53. The highest BCUT2D eigenvalue weighted by Crippen LogP contribution is 2.38. The van der Waals surface area contributed by atoms with Gasteiger partial charge < -0.3 is 19.8 Å². The van der Waals surface area contributed by atoms with Crippen LogP contribution in [0.1, 0.15) is 11.4 Å². The molecular formula is C16H13N3O6. The fraction of sp³-hybridized carbons (Fsp3) is 0.125. The highest BCUT2D eigenvalue weighted by atomic mass is 16.6. The second kappa shape index (κ2) is 6.48. The summed E-state index contributed by atoms with van der Waals surface area (Å²) >= 11 is 0. The molecule has 3 aromatic rings. The Balaban J connectivity index is 1.80. The molecule has 0 fully saturated rings. The van der Waals surface area contributed by atoms with Crippen LogP contribution in [0, 0.1) is 10.1 Å². The molecule has 2 aromatic carbocycles. The van der Waals surface area contributed by atoms with E-state index in [-0.39, 0.29) is 17.2 Å². The van der Waals surface area contributed by atoms with E-state index in [0.29, 0.717) is 18.7 Å². The molecule has 25 heavy (non-hydrogen) atoms. The standard InChI is InChI=1S/C16H13N3O6/c20-11-3-1-2-9(6-11)4-5-14-17-16(25-18-14)10-7-12(19(23)24)15(22)13(21)8-10/h1-3,6-8,20-22H,4-5H2. The van der Waals surface area contributed by atoms with Gasteiger partial charge in [0.1, 0.15) is 5.75 Å². The fourth-order valence-corrected chi connectivity index (χ4v) is 2.31. The number of benzene rings is 2. The van der Waals surface area contributed by atoms with Gasteiger partial charge in [0, 0.05) is 12.5 Å². The van der Waals surface area contributed by atoms with Gasteiger partial charge >= 0.3 is 5.69 Å². The van der Waals surface area contributed by atoms with Crippen molar-refractivity contribution < 1.29 is 24.8 Å². The van der Waals surface area contributed by atoms with Gasteiger partial charge in [-0.05, 0) is 30.2 Å². The third kappa shape index (κ3) is 3.50. The zero-order valence-electron chi connectivity index (χ0n) is 12.8. The predicted octanol–water partition coefficient (Wildman–Crippen LogP) is 2.55. The number of nitro benzene ring substituents is 1. The lowest BCUT2D eigenvalue weighted by atomic mass is 10.1. The van der Waals surface area contributed by atoms with Crippen LogP contribution in [0.3, 0.4) is 0 Å². The van der Waals surface area contributed by atoms with Gasteiger partial charge in [-0.3, -0.25) is 10.1 Å². The average Bonchev–Trinajstić information content (AvgIpc) is 3.04. The van der Waals surface area contributed by atoms with Crippen LogP contribution in [0.5, 0.6) is 17.2 Å². The van der Waals surface area contributed by atoms with Gasteiger partial charge in [-0.2, -0.15) is 4.98 Å². The van der Waals surface area contributed by atoms with Crippen molar-refractivity contribution in [2.75, 3.05) is 0 Å². The van der Waals surface area contributed by atoms with Crippen molar-refractivity contribution in [3.05, 3.63) is 57.9 Å². The highest BCUT2D eigenvalue weighted by Gasteiger charge is 2.21. The molecule has 0 aliphatic rings. The van der Waals surface area contributed by atoms with Gasteiger partial charge in [-0.25, -0.2) is 0 Å². The molecule has 3 rings (SSSR count). The number of aryl methyl sites for hydroxylation is 2. The molecule has 0 spiro atoms. The van der Waals surface area contributed by atoms with E-state index in [1.165, 1.54) is 0 Å². The molecular weight excluding hydrogens is 330 g/mol. The van der Waals surface area contributed by atoms with Crippen molar-refractivity contribution >= 4 is 5.69 Å². The number of aromatic nitrogens is 2. The van der Waals surface area contributed by atoms with E-state index >= 15 is 0 Å². The van der Waals surface area contributed by atoms with Crippen molar-refractivity contribution in [3.8, 4) is 28.7 Å². The number of hydrogen-bond acceptors (Lipinski definition) is 8. The summed E-state index contributed by atoms with van der Waals surface area (Å²) < 4.78 is 5.07. The van der Waals surface area contributed by atoms with Gasteiger partial charge in [0.15, 0.2) is 11.6 Å². The van der Waals surface area contributed by atoms with Gasteiger partial charge in [-0.1, -0.05) is 17.3 Å². The number of nitro groups is 1. The Labute approximate surface area is 140 Å². The number of rotatable bonds is 5. The topological polar surface area (TPSA) is 143 Å². The van der Waals surface area contributed by atoms with Crippen LogP contribution >= 0.6 is 0 Å². The minimum Gasteiger partial charge on any atom is -0.508 e. The summed E-state index contributed by atoms with van der Waals surface area (Å²) in [6, 6.07) is 8.92. The SMILES string of the molecule is O=[N+]([O-])c1cc(-c2nc(CCc3cccc(O)c3)no2)cc(O)c1O. The van der Waals surface area contributed by atoms with Crippen molar-refractivity contribution in [3.63, 3.8) is 0 Å². The van der Waals surface area contributed by atoms with Crippen LogP contribution in [0.2, 0.25) is 0 Å². The van der Waals surface area contributed by atoms with E-state index in [1.807, 2.05) is 6.07 Å². The average molecular weight is 343 g/mol. The smallest absolute Gasteiger partial charge is 0.315 e. The van der Waals surface area contributed by atoms with E-state index in [1.54, 1.807) is 18.2 Å². The highest BCUT2D eigenvalue weighted by molar-refractivity contribution is 5.67. The van der Waals surface area contributed by atoms with E-state index in [2.05, 4.69) is 10.1 Å². The Bertz CT molecular complexity index is 937. The molecule has 0 aliphatic carbocycles. The number of phenolic OH excluding ortho intramolecular Hbond substituents is 3. The summed E-state index contributed by atoms with van der Waals surface area (Å²) in [5.41, 5.74) is 0.358. The first kappa shape index (κ1) is 16.2. The number of hydrogen-bond donors (Lipinski definition) is 3. The van der Waals surface area contributed by atoms with Crippen LogP contribution in [0.15, 0.2) is 40.9 Å². The van der Waals surface area contributed by atoms with Crippen molar-refractivity contribution in [2.45, 2.75) is 12.8 Å². The molecule has 0 bridgehead atoms. The summed E-state index contributed by atoms with van der Waals surface area (Å²) in [7, 11) is 0. The van der Waals surface area contributed by atoms with Crippen LogP contribution in [0.25, 0.3) is 11.5 Å². The third-order valence-corrected chi connectivity index (χ3v) is 3.53. The van der Waals surface area contributed by atoms with Gasteiger partial charge in [0.05, 0.1) is 10.5 Å². The van der Waals surface area contributed by atoms with E-state index in [9.17, 15) is 25.4 Å². The zero-order chi connectivity index (χ0) is 18.0. The molecule has 1 aromatic heterocycles. The molecule has 0 amide bonds. The monoisotopic (exact) mass is 343 g/mol. The molecule has 1 heterocycles. The lowest BCUT2D eigenvalue weighted by molar-refractivity contribution is -0.385. The summed E-state index contributed by atoms with van der Waals surface area (Å²) in [6.07, 6.45) is 0.994. The molecule has 0 unspecified atom stereocenters. The maximum Gasteiger partial charge on any atom is 0.315 e. The minimum absolute atomic E-state index is 0.00990. The second-order valence-electron chi connectivity index (χ2n) is 5.31. The van der Waals surface area contributed by atoms with E-state index in [0.717, 1.165) is 17.7 Å². The largest absolute Gasteiger partial charge is 0.508 e. The maximum atomic E-state index is 10.9. The number of phenols is 3. The van der Waals surface area contributed by atoms with E-state index in [4.69, 9.17) is 4.52 Å². The Morgan fingerprint density at radius 2 is 1.92 bits per heavy atom. The molecule has 3 N–H and O–H groups in total. The Kier molecular flexibility index (Phi) is 4.21. The lowest BCUT2D eigenvalue weighted by Crippen LogP contribution is -1.93. The lowest BCUT2D eigenvalue weighted by Gasteiger charge is -2.01. The fourth-order valence-electron chi connectivity index (χ4n) is 2.31. The maximum absolute atomic E-state index is 10.9. The first-order valence-electron chi connectivity index (χ1n) is 7.25. The molecule has 9 heteroatoms. The minimum atomic E-state index is -0.822. The summed E-state index contributed by atoms with van der Waals surface area (Å²) in [4.78, 5) is 14.2. The Morgan fingerprint density at radius 3 is 2.64 bits per heavy atom. The summed E-state index contributed by atoms with van der Waals surface area (Å²) in [5.74, 6) is -0.947. The predicted molar refractivity (Wildman–Crippen MR) is 85.2 cm³/mol. The molecule has 0 saturated carbocycles. The van der Waals surface area contributed by atoms with Crippen molar-refractivity contribution in [2.24, 2.45) is 0 Å². The molecule has 9 nitrogen and oxygen atoms in total. The van der Waals surface area contributed by atoms with Gasteiger partial charge in [0.25, 0.3) is 5.89 Å². The van der Waals surface area contributed by atoms with Crippen LogP contribution < -0.4 is 0 Å². The molecule has 0 saturated heterocycles. The number of nitrogens with zero attached hydrogens (tertiary/aromatic N) is 3. The Hall–Kier alpha value is -3.62. The van der Waals surface area contributed by atoms with Gasteiger partial charge in [-0.15, -0.1) is 0 Å².